The van der Waals surface area contributed by atoms with Gasteiger partial charge < -0.3 is 20.6 Å². The van der Waals surface area contributed by atoms with E-state index in [4.69, 9.17) is 0 Å². The quantitative estimate of drug-likeness (QED) is 0.214. The summed E-state index contributed by atoms with van der Waals surface area (Å²) in [5.74, 6) is -1.73. The van der Waals surface area contributed by atoms with E-state index in [9.17, 15) is 23.5 Å². The number of carbonyl (C=O) groups is 2. The number of halogens is 2. The van der Waals surface area contributed by atoms with Crippen LogP contribution in [0.5, 0.6) is 0 Å². The Labute approximate surface area is 234 Å². The first-order chi connectivity index (χ1) is 19.1. The lowest BCUT2D eigenvalue weighted by Crippen LogP contribution is -2.47. The van der Waals surface area contributed by atoms with Gasteiger partial charge in [0.15, 0.2) is 5.78 Å². The molecule has 0 saturated carbocycles. The number of pyridine rings is 1. The molecule has 1 saturated heterocycles. The molecule has 0 aliphatic carbocycles. The summed E-state index contributed by atoms with van der Waals surface area (Å²) in [6, 6.07) is 11.1. The predicted molar refractivity (Wildman–Crippen MR) is 152 cm³/mol. The topological polar surface area (TPSA) is 107 Å². The van der Waals surface area contributed by atoms with Gasteiger partial charge in [0.05, 0.1) is 28.7 Å². The normalized spacial score (nSPS) is 15.7. The molecule has 1 aliphatic rings. The molecule has 0 radical (unpaired) electrons. The van der Waals surface area contributed by atoms with Gasteiger partial charge in [0.1, 0.15) is 22.3 Å². The highest BCUT2D eigenvalue weighted by molar-refractivity contribution is 7.13. The van der Waals surface area contributed by atoms with Gasteiger partial charge in [-0.15, -0.1) is 11.3 Å². The zero-order valence-electron chi connectivity index (χ0n) is 22.1. The number of thiazole rings is 1. The first-order valence-electron chi connectivity index (χ1n) is 12.9. The van der Waals surface area contributed by atoms with Crippen LogP contribution >= 0.6 is 11.3 Å². The first kappa shape index (κ1) is 27.4. The molecule has 2 aromatic heterocycles. The van der Waals surface area contributed by atoms with E-state index in [1.54, 1.807) is 6.20 Å². The number of carbonyl (C=O) groups excluding carboxylic acids is 1. The van der Waals surface area contributed by atoms with Gasteiger partial charge in [-0.25, -0.2) is 18.6 Å². The van der Waals surface area contributed by atoms with E-state index in [0.29, 0.717) is 6.54 Å². The number of benzene rings is 2. The van der Waals surface area contributed by atoms with Crippen molar-refractivity contribution in [3.05, 3.63) is 71.4 Å². The molecule has 5 rings (SSSR count). The molecular formula is C29H29F2N5O3S. The highest BCUT2D eigenvalue weighted by Gasteiger charge is 2.29. The molecule has 11 heteroatoms. The van der Waals surface area contributed by atoms with Crippen LogP contribution in [0.1, 0.15) is 43.6 Å². The van der Waals surface area contributed by atoms with Crippen LogP contribution < -0.4 is 15.5 Å². The summed E-state index contributed by atoms with van der Waals surface area (Å²) >= 11 is 1.02. The monoisotopic (exact) mass is 565 g/mol. The van der Waals surface area contributed by atoms with Crippen LogP contribution in [-0.2, 0) is 0 Å². The van der Waals surface area contributed by atoms with Gasteiger partial charge in [-0.3, -0.25) is 9.78 Å². The molecule has 1 fully saturated rings. The second-order valence-corrected chi connectivity index (χ2v) is 11.4. The number of fused-ring (bicyclic) bond motifs is 1. The van der Waals surface area contributed by atoms with Gasteiger partial charge >= 0.3 is 6.09 Å². The fraction of sp³-hybridized carbons (Fsp3) is 0.310. The zero-order chi connectivity index (χ0) is 28.4. The van der Waals surface area contributed by atoms with Crippen LogP contribution in [0.25, 0.3) is 21.5 Å². The second kappa shape index (κ2) is 11.2. The summed E-state index contributed by atoms with van der Waals surface area (Å²) in [7, 11) is 0. The Hall–Kier alpha value is -4.12. The van der Waals surface area contributed by atoms with E-state index in [2.05, 4.69) is 25.5 Å². The fourth-order valence-corrected chi connectivity index (χ4v) is 6.02. The molecule has 4 aromatic rings. The number of hydrogen-bond acceptors (Lipinski definition) is 7. The largest absolute Gasteiger partial charge is 0.465 e. The summed E-state index contributed by atoms with van der Waals surface area (Å²) in [6.07, 6.45) is 2.32. The lowest BCUT2D eigenvalue weighted by molar-refractivity contribution is 0.0960. The number of amides is 1. The Balaban J connectivity index is 1.40. The third-order valence-corrected chi connectivity index (χ3v) is 7.71. The van der Waals surface area contributed by atoms with Crippen molar-refractivity contribution in [1.29, 1.82) is 0 Å². The van der Waals surface area contributed by atoms with Crippen molar-refractivity contribution in [1.82, 2.24) is 15.3 Å². The molecule has 1 amide bonds. The van der Waals surface area contributed by atoms with Crippen LogP contribution in [0.4, 0.5) is 25.0 Å². The molecule has 3 heterocycles. The third-order valence-electron chi connectivity index (χ3n) is 6.85. The number of ketones is 1. The van der Waals surface area contributed by atoms with Crippen molar-refractivity contribution in [3.63, 3.8) is 0 Å². The van der Waals surface area contributed by atoms with Crippen LogP contribution in [-0.4, -0.2) is 51.6 Å². The van der Waals surface area contributed by atoms with Crippen LogP contribution in [0.3, 0.4) is 0 Å². The lowest BCUT2D eigenvalue weighted by Gasteiger charge is -2.37. The van der Waals surface area contributed by atoms with Gasteiger partial charge in [-0.2, -0.15) is 0 Å². The van der Waals surface area contributed by atoms with E-state index < -0.39 is 23.3 Å². The van der Waals surface area contributed by atoms with Gasteiger partial charge in [-0.05, 0) is 44.9 Å². The van der Waals surface area contributed by atoms with E-state index >= 15 is 0 Å². The summed E-state index contributed by atoms with van der Waals surface area (Å²) < 4.78 is 28.5. The standard InChI is InChI=1S/C29H29F2N5O3S/c1-29(2,13-24(37)23-16-40-27(34-23)25-19(30)9-5-10-20(25)31)35-22-14-32-21-11-4-3-8-18(21)26(22)36-12-6-7-17(15-36)33-28(38)39/h3-5,8-11,14,16-17,33,35H,6-7,12-13,15H2,1-2H3,(H,38,39)/t17-/m0/s1. The number of para-hydroxylation sites is 1. The molecule has 0 bridgehead atoms. The van der Waals surface area contributed by atoms with Crippen LogP contribution in [0, 0.1) is 11.6 Å². The maximum atomic E-state index is 14.2. The number of nitrogens with one attached hydrogen (secondary N) is 2. The second-order valence-electron chi connectivity index (χ2n) is 10.5. The minimum Gasteiger partial charge on any atom is -0.465 e. The molecule has 0 spiro atoms. The Morgan fingerprint density at radius 1 is 1.15 bits per heavy atom. The molecule has 8 nitrogen and oxygen atoms in total. The number of nitrogens with zero attached hydrogens (tertiary/aromatic N) is 3. The van der Waals surface area contributed by atoms with Gasteiger partial charge in [0, 0.05) is 41.9 Å². The zero-order valence-corrected chi connectivity index (χ0v) is 22.9. The summed E-state index contributed by atoms with van der Waals surface area (Å²) in [4.78, 5) is 35.5. The van der Waals surface area contributed by atoms with Crippen molar-refractivity contribution in [2.75, 3.05) is 23.3 Å². The summed E-state index contributed by atoms with van der Waals surface area (Å²) in [6.45, 7) is 5.02. The lowest BCUT2D eigenvalue weighted by atomic mass is 9.95. The Kier molecular flexibility index (Phi) is 7.66. The van der Waals surface area contributed by atoms with Gasteiger partial charge in [-0.1, -0.05) is 24.3 Å². The number of piperidine rings is 1. The van der Waals surface area contributed by atoms with Crippen molar-refractivity contribution in [2.45, 2.75) is 44.7 Å². The van der Waals surface area contributed by atoms with Gasteiger partial charge in [0.2, 0.25) is 0 Å². The molecule has 2 aromatic carbocycles. The highest BCUT2D eigenvalue weighted by atomic mass is 32.1. The van der Waals surface area contributed by atoms with Crippen molar-refractivity contribution in [3.8, 4) is 10.6 Å². The number of hydrogen-bond donors (Lipinski definition) is 3. The molecule has 3 N–H and O–H groups in total. The smallest absolute Gasteiger partial charge is 0.404 e. The third kappa shape index (κ3) is 5.89. The number of aromatic nitrogens is 2. The summed E-state index contributed by atoms with van der Waals surface area (Å²) in [5, 5.41) is 17.9. The molecule has 0 unspecified atom stereocenters. The number of carboxylic acid groups (broad SMARTS) is 1. The first-order valence-corrected chi connectivity index (χ1v) is 13.8. The molecule has 1 aliphatic heterocycles. The van der Waals surface area contributed by atoms with Crippen molar-refractivity contribution in [2.24, 2.45) is 0 Å². The van der Waals surface area contributed by atoms with Crippen molar-refractivity contribution < 1.29 is 23.5 Å². The van der Waals surface area contributed by atoms with E-state index in [1.807, 2.05) is 38.1 Å². The Morgan fingerprint density at radius 2 is 1.90 bits per heavy atom. The predicted octanol–water partition coefficient (Wildman–Crippen LogP) is 6.34. The van der Waals surface area contributed by atoms with Crippen molar-refractivity contribution >= 4 is 45.5 Å². The van der Waals surface area contributed by atoms with E-state index in [1.165, 1.54) is 11.4 Å². The van der Waals surface area contributed by atoms with E-state index in [-0.39, 0.29) is 34.5 Å². The highest BCUT2D eigenvalue weighted by Crippen LogP contribution is 2.37. The SMILES string of the molecule is CC(C)(CC(=O)c1csc(-c2c(F)cccc2F)n1)Nc1cnc2ccccc2c1N1CCC[C@H](NC(=O)O)C1. The molecule has 40 heavy (non-hydrogen) atoms. The van der Waals surface area contributed by atoms with E-state index in [0.717, 1.165) is 65.1 Å². The average Bonchev–Trinajstić information content (AvgIpc) is 3.38. The van der Waals surface area contributed by atoms with Crippen LogP contribution in [0.15, 0.2) is 54.0 Å². The summed E-state index contributed by atoms with van der Waals surface area (Å²) in [5.41, 5.74) is 1.59. The van der Waals surface area contributed by atoms with Gasteiger partial charge in [0.25, 0.3) is 0 Å². The van der Waals surface area contributed by atoms with Crippen LogP contribution in [0.2, 0.25) is 0 Å². The Morgan fingerprint density at radius 3 is 2.65 bits per heavy atom. The molecular weight excluding hydrogens is 536 g/mol. The number of anilines is 2. The minimum absolute atomic E-state index is 0.0609. The number of Topliss-reactive ketones (excluding diaryl/α,β-unsaturated/α-hetero) is 1. The number of rotatable bonds is 8. The fourth-order valence-electron chi connectivity index (χ4n) is 5.15. The average molecular weight is 566 g/mol. The minimum atomic E-state index is -1.05. The Bertz CT molecular complexity index is 1550. The maximum Gasteiger partial charge on any atom is 0.404 e. The molecule has 208 valence electrons. The molecule has 1 atom stereocenters. The maximum absolute atomic E-state index is 14.2.